The molecule has 1 aromatic heterocycles. The van der Waals surface area contributed by atoms with Crippen molar-refractivity contribution in [3.05, 3.63) is 93.1 Å². The summed E-state index contributed by atoms with van der Waals surface area (Å²) in [5.41, 5.74) is 2.33. The highest BCUT2D eigenvalue weighted by atomic mass is 35.5. The van der Waals surface area contributed by atoms with Gasteiger partial charge in [0.15, 0.2) is 0 Å². The van der Waals surface area contributed by atoms with Crippen LogP contribution in [-0.2, 0) is 6.54 Å². The quantitative estimate of drug-likeness (QED) is 0.508. The number of hydrogen-bond acceptors (Lipinski definition) is 4. The van der Waals surface area contributed by atoms with E-state index >= 15 is 0 Å². The molecule has 0 bridgehead atoms. The lowest BCUT2D eigenvalue weighted by Crippen LogP contribution is -2.29. The van der Waals surface area contributed by atoms with E-state index in [4.69, 9.17) is 28.3 Å². The number of nitrogens with one attached hydrogen (secondary N) is 1. The number of aromatic carboxylic acids is 1. The summed E-state index contributed by atoms with van der Waals surface area (Å²) in [5, 5.41) is 13.0. The third-order valence-corrected chi connectivity index (χ3v) is 5.24. The van der Waals surface area contributed by atoms with Gasteiger partial charge in [0.05, 0.1) is 22.2 Å². The average molecular weight is 458 g/mol. The van der Waals surface area contributed by atoms with Crippen molar-refractivity contribution in [1.29, 1.82) is 0 Å². The molecule has 0 radical (unpaired) electrons. The summed E-state index contributed by atoms with van der Waals surface area (Å²) in [4.78, 5) is 30.3. The molecule has 3 aromatic rings. The van der Waals surface area contributed by atoms with Gasteiger partial charge in [-0.2, -0.15) is 0 Å². The fourth-order valence-electron chi connectivity index (χ4n) is 3.11. The number of hydrogen-bond donors (Lipinski definition) is 2. The summed E-state index contributed by atoms with van der Waals surface area (Å²) in [7, 11) is 1.84. The second-order valence-corrected chi connectivity index (χ2v) is 8.00. The first kappa shape index (κ1) is 22.6. The number of anilines is 1. The number of benzene rings is 2. The highest BCUT2D eigenvalue weighted by Gasteiger charge is 2.19. The lowest BCUT2D eigenvalue weighted by atomic mass is 10.1. The van der Waals surface area contributed by atoms with E-state index in [1.54, 1.807) is 18.2 Å². The SMILES string of the molecule is CC(NC(=O)c1cc(Cl)cnc1N(C)Cc1ccc(Cl)cc1)c1ccc(C(=O)O)cc1. The van der Waals surface area contributed by atoms with Crippen LogP contribution in [0.15, 0.2) is 60.8 Å². The molecule has 0 fully saturated rings. The molecule has 0 aliphatic rings. The van der Waals surface area contributed by atoms with Crippen LogP contribution in [0.3, 0.4) is 0 Å². The van der Waals surface area contributed by atoms with Crippen molar-refractivity contribution in [2.75, 3.05) is 11.9 Å². The Morgan fingerprint density at radius 2 is 1.71 bits per heavy atom. The van der Waals surface area contributed by atoms with Gasteiger partial charge in [-0.25, -0.2) is 9.78 Å². The van der Waals surface area contributed by atoms with Gasteiger partial charge in [-0.15, -0.1) is 0 Å². The van der Waals surface area contributed by atoms with Crippen molar-refractivity contribution in [1.82, 2.24) is 10.3 Å². The Kier molecular flexibility index (Phi) is 7.15. The first-order valence-electron chi connectivity index (χ1n) is 9.50. The van der Waals surface area contributed by atoms with Crippen LogP contribution in [0.4, 0.5) is 5.82 Å². The molecule has 0 aliphatic heterocycles. The number of carboxylic acids is 1. The van der Waals surface area contributed by atoms with Crippen molar-refractivity contribution in [2.24, 2.45) is 0 Å². The molecule has 3 rings (SSSR count). The molecule has 6 nitrogen and oxygen atoms in total. The van der Waals surface area contributed by atoms with Crippen molar-refractivity contribution < 1.29 is 14.7 Å². The van der Waals surface area contributed by atoms with Crippen LogP contribution in [0.1, 0.15) is 44.8 Å². The number of halogens is 2. The Bertz CT molecular complexity index is 1090. The van der Waals surface area contributed by atoms with E-state index in [-0.39, 0.29) is 17.5 Å². The van der Waals surface area contributed by atoms with E-state index in [2.05, 4.69) is 10.3 Å². The molecule has 0 aliphatic carbocycles. The smallest absolute Gasteiger partial charge is 0.335 e. The summed E-state index contributed by atoms with van der Waals surface area (Å²) in [6, 6.07) is 15.1. The molecule has 0 saturated carbocycles. The Hall–Kier alpha value is -3.09. The molecule has 2 aromatic carbocycles. The summed E-state index contributed by atoms with van der Waals surface area (Å²) in [6.45, 7) is 2.35. The predicted octanol–water partition coefficient (Wildman–Crippen LogP) is 5.21. The highest BCUT2D eigenvalue weighted by Crippen LogP contribution is 2.24. The Balaban J connectivity index is 1.79. The molecule has 0 saturated heterocycles. The topological polar surface area (TPSA) is 82.5 Å². The monoisotopic (exact) mass is 457 g/mol. The average Bonchev–Trinajstić information content (AvgIpc) is 2.75. The number of amides is 1. The zero-order chi connectivity index (χ0) is 22.5. The Morgan fingerprint density at radius 1 is 1.06 bits per heavy atom. The van der Waals surface area contributed by atoms with E-state index < -0.39 is 5.97 Å². The maximum atomic E-state index is 13.0. The molecule has 8 heteroatoms. The molecule has 1 amide bonds. The first-order valence-corrected chi connectivity index (χ1v) is 10.3. The van der Waals surface area contributed by atoms with Crippen LogP contribution in [0.25, 0.3) is 0 Å². The van der Waals surface area contributed by atoms with Gasteiger partial charge in [0.25, 0.3) is 5.91 Å². The van der Waals surface area contributed by atoms with Crippen LogP contribution < -0.4 is 10.2 Å². The number of nitrogens with zero attached hydrogens (tertiary/aromatic N) is 2. The summed E-state index contributed by atoms with van der Waals surface area (Å²) in [5.74, 6) is -0.838. The van der Waals surface area contributed by atoms with Crippen molar-refractivity contribution in [2.45, 2.75) is 19.5 Å². The molecule has 1 atom stereocenters. The Labute approximate surface area is 190 Å². The van der Waals surface area contributed by atoms with Crippen molar-refractivity contribution in [3.63, 3.8) is 0 Å². The zero-order valence-corrected chi connectivity index (χ0v) is 18.5. The molecule has 31 heavy (non-hydrogen) atoms. The number of pyridine rings is 1. The fourth-order valence-corrected chi connectivity index (χ4v) is 3.40. The zero-order valence-electron chi connectivity index (χ0n) is 17.0. The maximum absolute atomic E-state index is 13.0. The number of carboxylic acid groups (broad SMARTS) is 1. The predicted molar refractivity (Wildman–Crippen MR) is 122 cm³/mol. The molecular weight excluding hydrogens is 437 g/mol. The standard InChI is InChI=1S/C23H21Cl2N3O3/c1-14(16-5-7-17(8-6-16)23(30)31)27-22(29)20-11-19(25)12-26-21(20)28(2)13-15-3-9-18(24)10-4-15/h3-12,14H,13H2,1-2H3,(H,27,29)(H,30,31). The third-order valence-electron chi connectivity index (χ3n) is 4.78. The molecule has 2 N–H and O–H groups in total. The summed E-state index contributed by atoms with van der Waals surface area (Å²) < 4.78 is 0. The summed E-state index contributed by atoms with van der Waals surface area (Å²) >= 11 is 12.1. The van der Waals surface area contributed by atoms with Crippen molar-refractivity contribution in [3.8, 4) is 0 Å². The van der Waals surface area contributed by atoms with Gasteiger partial charge in [-0.1, -0.05) is 47.5 Å². The lowest BCUT2D eigenvalue weighted by Gasteiger charge is -2.22. The van der Waals surface area contributed by atoms with Gasteiger partial charge >= 0.3 is 5.97 Å². The minimum Gasteiger partial charge on any atom is -0.478 e. The molecule has 160 valence electrons. The Morgan fingerprint density at radius 3 is 2.32 bits per heavy atom. The number of rotatable bonds is 7. The molecular formula is C23H21Cl2N3O3. The highest BCUT2D eigenvalue weighted by molar-refractivity contribution is 6.31. The minimum atomic E-state index is -0.999. The minimum absolute atomic E-state index is 0.187. The van der Waals surface area contributed by atoms with Crippen LogP contribution in [-0.4, -0.2) is 29.0 Å². The molecule has 1 heterocycles. The summed E-state index contributed by atoms with van der Waals surface area (Å²) in [6.07, 6.45) is 1.50. The molecule has 0 spiro atoms. The van der Waals surface area contributed by atoms with E-state index in [1.807, 2.05) is 43.1 Å². The van der Waals surface area contributed by atoms with Gasteiger partial charge < -0.3 is 15.3 Å². The van der Waals surface area contributed by atoms with E-state index in [0.29, 0.717) is 28.0 Å². The largest absolute Gasteiger partial charge is 0.478 e. The van der Waals surface area contributed by atoms with Crippen LogP contribution in [0.2, 0.25) is 10.0 Å². The van der Waals surface area contributed by atoms with Gasteiger partial charge in [-0.3, -0.25) is 4.79 Å². The van der Waals surface area contributed by atoms with Gasteiger partial charge in [0.2, 0.25) is 0 Å². The fraction of sp³-hybridized carbons (Fsp3) is 0.174. The van der Waals surface area contributed by atoms with Gasteiger partial charge in [-0.05, 0) is 48.4 Å². The number of carbonyl (C=O) groups is 2. The van der Waals surface area contributed by atoms with Gasteiger partial charge in [0, 0.05) is 24.8 Å². The number of aromatic nitrogens is 1. The van der Waals surface area contributed by atoms with Crippen molar-refractivity contribution >= 4 is 40.9 Å². The first-order chi connectivity index (χ1) is 14.7. The second-order valence-electron chi connectivity index (χ2n) is 7.13. The van der Waals surface area contributed by atoms with Gasteiger partial charge in [0.1, 0.15) is 5.82 Å². The van der Waals surface area contributed by atoms with E-state index in [0.717, 1.165) is 11.1 Å². The lowest BCUT2D eigenvalue weighted by molar-refractivity contribution is 0.0696. The number of carbonyl (C=O) groups excluding carboxylic acids is 1. The van der Waals surface area contributed by atoms with Crippen LogP contribution >= 0.6 is 23.2 Å². The third kappa shape index (κ3) is 5.75. The van der Waals surface area contributed by atoms with E-state index in [9.17, 15) is 9.59 Å². The van der Waals surface area contributed by atoms with E-state index in [1.165, 1.54) is 18.3 Å². The van der Waals surface area contributed by atoms with Crippen LogP contribution in [0.5, 0.6) is 0 Å². The normalized spacial score (nSPS) is 11.6. The van der Waals surface area contributed by atoms with Crippen LogP contribution in [0, 0.1) is 0 Å². The molecule has 1 unspecified atom stereocenters. The maximum Gasteiger partial charge on any atom is 0.335 e. The second kappa shape index (κ2) is 9.81.